The molecule has 3 nitrogen and oxygen atoms in total. The van der Waals surface area contributed by atoms with Crippen molar-refractivity contribution in [1.82, 2.24) is 0 Å². The summed E-state index contributed by atoms with van der Waals surface area (Å²) < 4.78 is 31.6. The minimum absolute atomic E-state index is 0.0599. The van der Waals surface area contributed by atoms with Crippen LogP contribution in [0.15, 0.2) is 12.1 Å². The first kappa shape index (κ1) is 11.9. The maximum absolute atomic E-state index is 13.4. The van der Waals surface area contributed by atoms with E-state index < -0.39 is 17.7 Å². The molecule has 1 atom stereocenters. The Morgan fingerprint density at radius 3 is 2.53 bits per heavy atom. The molecule has 1 aromatic rings. The van der Waals surface area contributed by atoms with Crippen molar-refractivity contribution in [3.63, 3.8) is 0 Å². The fraction of sp³-hybridized carbons (Fsp3) is 0.400. The molecule has 0 saturated heterocycles. The molecule has 1 aromatic carbocycles. The summed E-state index contributed by atoms with van der Waals surface area (Å²) in [5.74, 6) is -1.34. The molecule has 0 saturated carbocycles. The van der Waals surface area contributed by atoms with Crippen molar-refractivity contribution in [1.29, 1.82) is 0 Å². The molecule has 0 aliphatic heterocycles. The number of nitrogens with two attached hydrogens (primary N) is 2. The lowest BCUT2D eigenvalue weighted by Gasteiger charge is -2.12. The molecule has 0 fully saturated rings. The molecule has 0 heterocycles. The Labute approximate surface area is 87.0 Å². The smallest absolute Gasteiger partial charge is 0.165 e. The zero-order chi connectivity index (χ0) is 11.4. The fourth-order valence-corrected chi connectivity index (χ4v) is 1.22. The van der Waals surface area contributed by atoms with Gasteiger partial charge in [-0.2, -0.15) is 0 Å². The van der Waals surface area contributed by atoms with Crippen molar-refractivity contribution in [2.45, 2.75) is 13.0 Å². The second kappa shape index (κ2) is 5.04. The van der Waals surface area contributed by atoms with Gasteiger partial charge in [0.15, 0.2) is 11.6 Å². The van der Waals surface area contributed by atoms with Gasteiger partial charge in [0.2, 0.25) is 0 Å². The maximum Gasteiger partial charge on any atom is 0.165 e. The molecule has 15 heavy (non-hydrogen) atoms. The number of rotatable bonds is 4. The molecule has 0 aliphatic carbocycles. The van der Waals surface area contributed by atoms with Gasteiger partial charge >= 0.3 is 0 Å². The summed E-state index contributed by atoms with van der Waals surface area (Å²) in [5.41, 5.74) is 10.9. The average Bonchev–Trinajstić information content (AvgIpc) is 2.22. The SMILES string of the molecule is CCOc1cc(F)c(C(N)CN)cc1F. The Morgan fingerprint density at radius 1 is 1.33 bits per heavy atom. The van der Waals surface area contributed by atoms with E-state index in [2.05, 4.69) is 0 Å². The van der Waals surface area contributed by atoms with Crippen LogP contribution in [0.5, 0.6) is 5.75 Å². The second-order valence-electron chi connectivity index (χ2n) is 3.08. The molecule has 0 aromatic heterocycles. The van der Waals surface area contributed by atoms with Crippen LogP contribution < -0.4 is 16.2 Å². The van der Waals surface area contributed by atoms with E-state index in [9.17, 15) is 8.78 Å². The first-order chi connectivity index (χ1) is 7.10. The van der Waals surface area contributed by atoms with E-state index in [-0.39, 0.29) is 24.5 Å². The fourth-order valence-electron chi connectivity index (χ4n) is 1.22. The van der Waals surface area contributed by atoms with Crippen molar-refractivity contribution in [2.75, 3.05) is 13.2 Å². The molecule has 0 radical (unpaired) electrons. The van der Waals surface area contributed by atoms with Crippen LogP contribution >= 0.6 is 0 Å². The van der Waals surface area contributed by atoms with E-state index in [1.807, 2.05) is 0 Å². The molecule has 1 rings (SSSR count). The molecule has 0 amide bonds. The topological polar surface area (TPSA) is 61.3 Å². The van der Waals surface area contributed by atoms with Crippen LogP contribution in [0.25, 0.3) is 0 Å². The summed E-state index contributed by atoms with van der Waals surface area (Å²) in [6, 6.07) is 1.32. The highest BCUT2D eigenvalue weighted by atomic mass is 19.1. The van der Waals surface area contributed by atoms with Crippen LogP contribution in [0.4, 0.5) is 8.78 Å². The Kier molecular flexibility index (Phi) is 3.99. The highest BCUT2D eigenvalue weighted by molar-refractivity contribution is 5.32. The largest absolute Gasteiger partial charge is 0.491 e. The van der Waals surface area contributed by atoms with Crippen LogP contribution in [0, 0.1) is 11.6 Å². The third-order valence-electron chi connectivity index (χ3n) is 2.00. The van der Waals surface area contributed by atoms with Gasteiger partial charge in [0.25, 0.3) is 0 Å². The van der Waals surface area contributed by atoms with E-state index in [1.165, 1.54) is 0 Å². The minimum atomic E-state index is -0.699. The molecule has 84 valence electrons. The van der Waals surface area contributed by atoms with Crippen LogP contribution in [-0.4, -0.2) is 13.2 Å². The summed E-state index contributed by atoms with van der Waals surface area (Å²) in [4.78, 5) is 0. The van der Waals surface area contributed by atoms with E-state index in [1.54, 1.807) is 6.92 Å². The van der Waals surface area contributed by atoms with Gasteiger partial charge in [-0.05, 0) is 13.0 Å². The van der Waals surface area contributed by atoms with Gasteiger partial charge in [-0.1, -0.05) is 0 Å². The van der Waals surface area contributed by atoms with E-state index in [0.717, 1.165) is 12.1 Å². The Morgan fingerprint density at radius 2 is 2.00 bits per heavy atom. The number of ether oxygens (including phenoxy) is 1. The number of halogens is 2. The summed E-state index contributed by atoms with van der Waals surface area (Å²) in [7, 11) is 0. The van der Waals surface area contributed by atoms with Gasteiger partial charge < -0.3 is 16.2 Å². The Bertz CT molecular complexity index is 344. The third kappa shape index (κ3) is 2.64. The minimum Gasteiger partial charge on any atom is -0.491 e. The quantitative estimate of drug-likeness (QED) is 0.798. The maximum atomic E-state index is 13.4. The van der Waals surface area contributed by atoms with E-state index in [4.69, 9.17) is 16.2 Å². The molecule has 5 heteroatoms. The standard InChI is InChI=1S/C10H14F2N2O/c1-2-15-10-4-7(11)6(3-8(10)12)9(14)5-13/h3-4,9H,2,5,13-14H2,1H3. The van der Waals surface area contributed by atoms with Crippen molar-refractivity contribution in [2.24, 2.45) is 11.5 Å². The van der Waals surface area contributed by atoms with Crippen molar-refractivity contribution in [3.05, 3.63) is 29.3 Å². The average molecular weight is 216 g/mol. The summed E-state index contributed by atoms with van der Waals surface area (Å²) in [5, 5.41) is 0. The van der Waals surface area contributed by atoms with Crippen LogP contribution in [0.3, 0.4) is 0 Å². The normalized spacial score (nSPS) is 12.6. The lowest BCUT2D eigenvalue weighted by atomic mass is 10.1. The van der Waals surface area contributed by atoms with E-state index in [0.29, 0.717) is 0 Å². The van der Waals surface area contributed by atoms with Crippen LogP contribution in [-0.2, 0) is 0 Å². The van der Waals surface area contributed by atoms with Gasteiger partial charge in [0, 0.05) is 24.2 Å². The van der Waals surface area contributed by atoms with Gasteiger partial charge in [-0.15, -0.1) is 0 Å². The highest BCUT2D eigenvalue weighted by Gasteiger charge is 2.15. The summed E-state index contributed by atoms with van der Waals surface area (Å²) >= 11 is 0. The molecule has 1 unspecified atom stereocenters. The van der Waals surface area contributed by atoms with Crippen molar-refractivity contribution in [3.8, 4) is 5.75 Å². The lowest BCUT2D eigenvalue weighted by Crippen LogP contribution is -2.22. The van der Waals surface area contributed by atoms with E-state index >= 15 is 0 Å². The van der Waals surface area contributed by atoms with Crippen LogP contribution in [0.2, 0.25) is 0 Å². The zero-order valence-electron chi connectivity index (χ0n) is 8.47. The zero-order valence-corrected chi connectivity index (χ0v) is 8.47. The third-order valence-corrected chi connectivity index (χ3v) is 2.00. The van der Waals surface area contributed by atoms with Gasteiger partial charge in [0.1, 0.15) is 5.82 Å². The van der Waals surface area contributed by atoms with Gasteiger partial charge in [0.05, 0.1) is 6.61 Å². The number of hydrogen-bond donors (Lipinski definition) is 2. The van der Waals surface area contributed by atoms with Crippen molar-refractivity contribution >= 4 is 0 Å². The predicted molar refractivity (Wildman–Crippen MR) is 53.5 cm³/mol. The molecular weight excluding hydrogens is 202 g/mol. The number of benzene rings is 1. The Hall–Kier alpha value is -1.20. The molecule has 4 N–H and O–H groups in total. The summed E-state index contributed by atoms with van der Waals surface area (Å²) in [6.07, 6.45) is 0. The molecule has 0 aliphatic rings. The second-order valence-corrected chi connectivity index (χ2v) is 3.08. The molecule has 0 spiro atoms. The molecular formula is C10H14F2N2O. The first-order valence-electron chi connectivity index (χ1n) is 4.67. The molecule has 0 bridgehead atoms. The Balaban J connectivity index is 3.07. The monoisotopic (exact) mass is 216 g/mol. The number of hydrogen-bond acceptors (Lipinski definition) is 3. The first-order valence-corrected chi connectivity index (χ1v) is 4.67. The van der Waals surface area contributed by atoms with Gasteiger partial charge in [-0.25, -0.2) is 8.78 Å². The highest BCUT2D eigenvalue weighted by Crippen LogP contribution is 2.24. The lowest BCUT2D eigenvalue weighted by molar-refractivity contribution is 0.318. The van der Waals surface area contributed by atoms with Gasteiger partial charge in [-0.3, -0.25) is 0 Å². The van der Waals surface area contributed by atoms with Crippen LogP contribution in [0.1, 0.15) is 18.5 Å². The van der Waals surface area contributed by atoms with Crippen molar-refractivity contribution < 1.29 is 13.5 Å². The predicted octanol–water partition coefficient (Wildman–Crippen LogP) is 1.32. The summed E-state index contributed by atoms with van der Waals surface area (Å²) in [6.45, 7) is 2.03.